The summed E-state index contributed by atoms with van der Waals surface area (Å²) in [5.41, 5.74) is -1.99. The minimum atomic E-state index is -4.79. The minimum Gasteiger partial charge on any atom is -0.480 e. The number of amides is 1. The molecule has 0 aromatic carbocycles. The lowest BCUT2D eigenvalue weighted by Crippen LogP contribution is -2.42. The Bertz CT molecular complexity index is 523. The van der Waals surface area contributed by atoms with Crippen molar-refractivity contribution in [3.63, 3.8) is 0 Å². The van der Waals surface area contributed by atoms with Gasteiger partial charge in [0.25, 0.3) is 5.91 Å². The number of nitrogens with one attached hydrogen (secondary N) is 1. The number of carbonyl (C=O) groups is 2. The summed E-state index contributed by atoms with van der Waals surface area (Å²) in [5.74, 6) is -2.84. The number of carbonyl (C=O) groups excluding carboxylic acids is 1. The molecule has 1 aromatic rings. The van der Waals surface area contributed by atoms with Gasteiger partial charge in [0.15, 0.2) is 0 Å². The number of aliphatic hydroxyl groups is 1. The molecule has 0 aliphatic rings. The fourth-order valence-corrected chi connectivity index (χ4v) is 1.73. The van der Waals surface area contributed by atoms with Crippen molar-refractivity contribution in [2.45, 2.75) is 32.0 Å². The van der Waals surface area contributed by atoms with Crippen LogP contribution in [0.25, 0.3) is 0 Å². The van der Waals surface area contributed by atoms with Crippen LogP contribution in [0.4, 0.5) is 13.2 Å². The first-order valence-corrected chi connectivity index (χ1v) is 6.04. The van der Waals surface area contributed by atoms with Gasteiger partial charge in [0.05, 0.1) is 5.56 Å². The van der Waals surface area contributed by atoms with Crippen LogP contribution in [0.3, 0.4) is 0 Å². The second-order valence-electron chi connectivity index (χ2n) is 4.18. The number of alkyl halides is 3. The van der Waals surface area contributed by atoms with Crippen molar-refractivity contribution in [1.29, 1.82) is 0 Å². The number of hydrogen-bond donors (Lipinski definition) is 3. The number of furan rings is 1. The molecular weight excluding hydrogens is 295 g/mol. The van der Waals surface area contributed by atoms with Crippen LogP contribution in [-0.4, -0.2) is 34.7 Å². The van der Waals surface area contributed by atoms with Gasteiger partial charge in [-0.3, -0.25) is 4.79 Å². The number of carboxylic acid groups (broad SMARTS) is 1. The molecular formula is C12H14F3NO5. The number of aliphatic carboxylic acids is 1. The van der Waals surface area contributed by atoms with E-state index in [0.717, 1.165) is 0 Å². The Kier molecular flexibility index (Phi) is 5.36. The first-order chi connectivity index (χ1) is 9.72. The molecule has 0 saturated heterocycles. The van der Waals surface area contributed by atoms with Gasteiger partial charge >= 0.3 is 12.1 Å². The molecule has 0 radical (unpaired) electrons. The van der Waals surface area contributed by atoms with Crippen LogP contribution in [0.5, 0.6) is 0 Å². The molecule has 1 aromatic heterocycles. The number of aliphatic hydroxyl groups excluding tert-OH is 1. The summed E-state index contributed by atoms with van der Waals surface area (Å²) in [4.78, 5) is 22.8. The number of hydrogen-bond acceptors (Lipinski definition) is 4. The van der Waals surface area contributed by atoms with Crippen LogP contribution in [0.1, 0.15) is 35.0 Å². The molecule has 0 spiro atoms. The minimum absolute atomic E-state index is 0.0383. The summed E-state index contributed by atoms with van der Waals surface area (Å²) < 4.78 is 43.1. The van der Waals surface area contributed by atoms with Crippen molar-refractivity contribution >= 4 is 11.9 Å². The van der Waals surface area contributed by atoms with Gasteiger partial charge in [-0.05, 0) is 0 Å². The Hall–Kier alpha value is -2.03. The molecule has 0 aliphatic heterocycles. The first-order valence-electron chi connectivity index (χ1n) is 6.04. The summed E-state index contributed by atoms with van der Waals surface area (Å²) in [6, 6.07) is -1.48. The summed E-state index contributed by atoms with van der Waals surface area (Å²) in [5, 5.41) is 19.5. The highest BCUT2D eigenvalue weighted by atomic mass is 19.4. The smallest absolute Gasteiger partial charge is 0.420 e. The maximum atomic E-state index is 12.8. The van der Waals surface area contributed by atoms with Crippen molar-refractivity contribution in [3.8, 4) is 0 Å². The van der Waals surface area contributed by atoms with E-state index >= 15 is 0 Å². The Labute approximate surface area is 117 Å². The summed E-state index contributed by atoms with van der Waals surface area (Å²) in [7, 11) is 0. The second-order valence-corrected chi connectivity index (χ2v) is 4.18. The largest absolute Gasteiger partial charge is 0.480 e. The fourth-order valence-electron chi connectivity index (χ4n) is 1.73. The Balaban J connectivity index is 3.11. The van der Waals surface area contributed by atoms with E-state index in [0.29, 0.717) is 6.26 Å². The molecule has 0 aliphatic carbocycles. The molecule has 0 bridgehead atoms. The van der Waals surface area contributed by atoms with Gasteiger partial charge < -0.3 is 19.9 Å². The van der Waals surface area contributed by atoms with Gasteiger partial charge in [-0.15, -0.1) is 0 Å². The lowest BCUT2D eigenvalue weighted by atomic mass is 10.1. The molecule has 1 amide bonds. The normalized spacial score (nSPS) is 13.0. The molecule has 9 heteroatoms. The molecule has 6 nitrogen and oxygen atoms in total. The van der Waals surface area contributed by atoms with E-state index in [4.69, 9.17) is 14.6 Å². The monoisotopic (exact) mass is 309 g/mol. The van der Waals surface area contributed by atoms with E-state index in [1.165, 1.54) is 6.92 Å². The molecule has 1 atom stereocenters. The van der Waals surface area contributed by atoms with Gasteiger partial charge in [0.1, 0.15) is 23.6 Å². The van der Waals surface area contributed by atoms with Gasteiger partial charge in [-0.1, -0.05) is 6.92 Å². The average molecular weight is 309 g/mol. The first kappa shape index (κ1) is 17.0. The molecule has 3 N–H and O–H groups in total. The number of carboxylic acids is 1. The van der Waals surface area contributed by atoms with Crippen molar-refractivity contribution in [3.05, 3.63) is 23.2 Å². The zero-order valence-electron chi connectivity index (χ0n) is 11.0. The van der Waals surface area contributed by atoms with Gasteiger partial charge in [-0.25, -0.2) is 4.79 Å². The third kappa shape index (κ3) is 3.97. The Morgan fingerprint density at radius 2 is 2.05 bits per heavy atom. The Morgan fingerprint density at radius 1 is 1.43 bits per heavy atom. The van der Waals surface area contributed by atoms with Crippen molar-refractivity contribution in [1.82, 2.24) is 5.32 Å². The standard InChI is InChI=1S/C12H14F3NO5/c1-2-8-9(6(5-21-8)12(13,14)15)10(18)16-7(3-4-17)11(19)20/h5,7,17H,2-4H2,1H3,(H,16,18)(H,19,20)/t7-/m0/s1. The number of halogens is 3. The van der Waals surface area contributed by atoms with Crippen LogP contribution in [0, 0.1) is 0 Å². The lowest BCUT2D eigenvalue weighted by molar-refractivity contribution is -0.139. The summed E-state index contributed by atoms with van der Waals surface area (Å²) >= 11 is 0. The topological polar surface area (TPSA) is 99.8 Å². The average Bonchev–Trinajstić information content (AvgIpc) is 2.81. The predicted molar refractivity (Wildman–Crippen MR) is 63.7 cm³/mol. The van der Waals surface area contributed by atoms with Crippen LogP contribution in [-0.2, 0) is 17.4 Å². The maximum Gasteiger partial charge on any atom is 0.420 e. The van der Waals surface area contributed by atoms with Gasteiger partial charge in [-0.2, -0.15) is 13.2 Å². The molecule has 1 heterocycles. The third-order valence-corrected chi connectivity index (χ3v) is 2.74. The quantitative estimate of drug-likeness (QED) is 0.738. The van der Waals surface area contributed by atoms with Crippen LogP contribution in [0.15, 0.2) is 10.7 Å². The van der Waals surface area contributed by atoms with Gasteiger partial charge in [0, 0.05) is 19.4 Å². The van der Waals surface area contributed by atoms with Crippen molar-refractivity contribution in [2.24, 2.45) is 0 Å². The van der Waals surface area contributed by atoms with E-state index in [2.05, 4.69) is 0 Å². The molecule has 1 rings (SSSR count). The summed E-state index contributed by atoms with van der Waals surface area (Å²) in [6.45, 7) is 0.966. The lowest BCUT2D eigenvalue weighted by Gasteiger charge is -2.14. The van der Waals surface area contributed by atoms with E-state index in [1.807, 2.05) is 5.32 Å². The third-order valence-electron chi connectivity index (χ3n) is 2.74. The van der Waals surface area contributed by atoms with E-state index in [9.17, 15) is 22.8 Å². The van der Waals surface area contributed by atoms with Crippen LogP contribution < -0.4 is 5.32 Å². The predicted octanol–water partition coefficient (Wildman–Crippen LogP) is 1.43. The highest BCUT2D eigenvalue weighted by Crippen LogP contribution is 2.34. The van der Waals surface area contributed by atoms with Crippen LogP contribution >= 0.6 is 0 Å². The molecule has 0 fully saturated rings. The number of aryl methyl sites for hydroxylation is 1. The zero-order chi connectivity index (χ0) is 16.2. The maximum absolute atomic E-state index is 12.8. The van der Waals surface area contributed by atoms with Gasteiger partial charge in [0.2, 0.25) is 0 Å². The highest BCUT2D eigenvalue weighted by Gasteiger charge is 2.39. The van der Waals surface area contributed by atoms with E-state index in [-0.39, 0.29) is 18.6 Å². The SMILES string of the molecule is CCc1occ(C(F)(F)F)c1C(=O)N[C@@H](CCO)C(=O)O. The fraction of sp³-hybridized carbons (Fsp3) is 0.500. The van der Waals surface area contributed by atoms with Crippen molar-refractivity contribution < 1.29 is 37.4 Å². The van der Waals surface area contributed by atoms with E-state index in [1.54, 1.807) is 0 Å². The molecule has 0 saturated carbocycles. The molecule has 0 unspecified atom stereocenters. The summed E-state index contributed by atoms with van der Waals surface area (Å²) in [6.07, 6.45) is -4.65. The van der Waals surface area contributed by atoms with E-state index < -0.39 is 41.8 Å². The highest BCUT2D eigenvalue weighted by molar-refractivity contribution is 5.98. The zero-order valence-corrected chi connectivity index (χ0v) is 11.0. The van der Waals surface area contributed by atoms with Crippen molar-refractivity contribution in [2.75, 3.05) is 6.61 Å². The van der Waals surface area contributed by atoms with Crippen LogP contribution in [0.2, 0.25) is 0 Å². The second kappa shape index (κ2) is 6.61. The molecule has 118 valence electrons. The molecule has 21 heavy (non-hydrogen) atoms. The number of rotatable bonds is 6. The Morgan fingerprint density at radius 3 is 2.48 bits per heavy atom.